The molecule has 1 aliphatic carbocycles. The molecule has 1 heterocycles. The number of hydrogen-bond acceptors (Lipinski definition) is 3. The second kappa shape index (κ2) is 7.01. The molecule has 5 unspecified atom stereocenters. The minimum atomic E-state index is -0.707. The monoisotopic (exact) mass is 273 g/mol. The first-order chi connectivity index (χ1) is 8.72. The van der Waals surface area contributed by atoms with Gasteiger partial charge in [0, 0.05) is 28.7 Å². The van der Waals surface area contributed by atoms with Crippen LogP contribution in [0.4, 0.5) is 0 Å². The van der Waals surface area contributed by atoms with Gasteiger partial charge in [-0.2, -0.15) is 0 Å². The molecule has 106 valence electrons. The summed E-state index contributed by atoms with van der Waals surface area (Å²) in [7, 11) is -0.707. The highest BCUT2D eigenvalue weighted by molar-refractivity contribution is 7.85. The Kier molecular flexibility index (Phi) is 5.64. The standard InChI is InChI=1S/C14H27NO2S/c1-3-8-15-13-6-7-14(11(13)2)18(16)10-12-5-4-9-17-12/h11-15H,3-10H2,1-2H3. The van der Waals surface area contributed by atoms with Crippen LogP contribution in [0.1, 0.15) is 46.0 Å². The number of hydrogen-bond donors (Lipinski definition) is 1. The van der Waals surface area contributed by atoms with E-state index in [9.17, 15) is 4.21 Å². The van der Waals surface area contributed by atoms with Crippen LogP contribution in [0, 0.1) is 5.92 Å². The van der Waals surface area contributed by atoms with Crippen LogP contribution in [0.5, 0.6) is 0 Å². The molecule has 3 nitrogen and oxygen atoms in total. The molecule has 0 aromatic heterocycles. The molecule has 0 bridgehead atoms. The zero-order valence-electron chi connectivity index (χ0n) is 11.7. The summed E-state index contributed by atoms with van der Waals surface area (Å²) < 4.78 is 18.0. The summed E-state index contributed by atoms with van der Waals surface area (Å²) >= 11 is 0. The van der Waals surface area contributed by atoms with Gasteiger partial charge in [-0.25, -0.2) is 0 Å². The zero-order valence-corrected chi connectivity index (χ0v) is 12.5. The third-order valence-corrected chi connectivity index (χ3v) is 6.39. The summed E-state index contributed by atoms with van der Waals surface area (Å²) in [5.74, 6) is 1.30. The van der Waals surface area contributed by atoms with E-state index in [1.54, 1.807) is 0 Å². The van der Waals surface area contributed by atoms with Crippen LogP contribution in [-0.4, -0.2) is 40.5 Å². The van der Waals surface area contributed by atoms with E-state index in [1.165, 1.54) is 12.8 Å². The lowest BCUT2D eigenvalue weighted by Crippen LogP contribution is -2.36. The van der Waals surface area contributed by atoms with Gasteiger partial charge in [0.2, 0.25) is 0 Å². The average molecular weight is 273 g/mol. The van der Waals surface area contributed by atoms with E-state index >= 15 is 0 Å². The van der Waals surface area contributed by atoms with Gasteiger partial charge in [-0.15, -0.1) is 0 Å². The molecule has 1 aliphatic heterocycles. The van der Waals surface area contributed by atoms with Crippen molar-refractivity contribution in [2.45, 2.75) is 63.3 Å². The predicted octanol–water partition coefficient (Wildman–Crippen LogP) is 2.08. The highest BCUT2D eigenvalue weighted by Crippen LogP contribution is 2.31. The van der Waals surface area contributed by atoms with E-state index in [0.717, 1.165) is 38.2 Å². The van der Waals surface area contributed by atoms with Crippen molar-refractivity contribution in [3.63, 3.8) is 0 Å². The summed E-state index contributed by atoms with van der Waals surface area (Å²) in [5.41, 5.74) is 0. The van der Waals surface area contributed by atoms with Crippen molar-refractivity contribution in [1.82, 2.24) is 5.32 Å². The Morgan fingerprint density at radius 3 is 2.83 bits per heavy atom. The van der Waals surface area contributed by atoms with E-state index < -0.39 is 10.8 Å². The normalized spacial score (nSPS) is 38.1. The van der Waals surface area contributed by atoms with Crippen molar-refractivity contribution in [2.24, 2.45) is 5.92 Å². The lowest BCUT2D eigenvalue weighted by molar-refractivity contribution is 0.128. The first kappa shape index (κ1) is 14.5. The zero-order chi connectivity index (χ0) is 13.0. The quantitative estimate of drug-likeness (QED) is 0.805. The predicted molar refractivity (Wildman–Crippen MR) is 76.3 cm³/mol. The highest BCUT2D eigenvalue weighted by atomic mass is 32.2. The van der Waals surface area contributed by atoms with Crippen LogP contribution in [0.3, 0.4) is 0 Å². The lowest BCUT2D eigenvalue weighted by Gasteiger charge is -2.22. The molecule has 2 rings (SSSR count). The van der Waals surface area contributed by atoms with Crippen LogP contribution >= 0.6 is 0 Å². The molecule has 18 heavy (non-hydrogen) atoms. The molecule has 0 aromatic rings. The van der Waals surface area contributed by atoms with E-state index in [4.69, 9.17) is 4.74 Å². The molecule has 1 saturated carbocycles. The number of ether oxygens (including phenoxy) is 1. The molecule has 0 spiro atoms. The van der Waals surface area contributed by atoms with E-state index in [0.29, 0.717) is 17.2 Å². The lowest BCUT2D eigenvalue weighted by atomic mass is 10.1. The minimum absolute atomic E-state index is 0.265. The maximum absolute atomic E-state index is 12.4. The Morgan fingerprint density at radius 2 is 2.17 bits per heavy atom. The largest absolute Gasteiger partial charge is 0.377 e. The summed E-state index contributed by atoms with van der Waals surface area (Å²) in [6.07, 6.45) is 5.98. The van der Waals surface area contributed by atoms with Gasteiger partial charge < -0.3 is 10.1 Å². The molecular formula is C14H27NO2S. The van der Waals surface area contributed by atoms with Crippen LogP contribution < -0.4 is 5.32 Å². The second-order valence-electron chi connectivity index (χ2n) is 5.72. The Hall–Kier alpha value is 0.0700. The molecule has 0 radical (unpaired) electrons. The first-order valence-electron chi connectivity index (χ1n) is 7.44. The Labute approximate surface area is 114 Å². The van der Waals surface area contributed by atoms with E-state index in [2.05, 4.69) is 19.2 Å². The fraction of sp³-hybridized carbons (Fsp3) is 1.00. The molecule has 0 aromatic carbocycles. The fourth-order valence-corrected chi connectivity index (χ4v) is 5.14. The van der Waals surface area contributed by atoms with Crippen molar-refractivity contribution >= 4 is 10.8 Å². The van der Waals surface area contributed by atoms with Crippen molar-refractivity contribution in [1.29, 1.82) is 0 Å². The smallest absolute Gasteiger partial charge is 0.0691 e. The van der Waals surface area contributed by atoms with Crippen LogP contribution in [0.15, 0.2) is 0 Å². The molecule has 0 amide bonds. The SMILES string of the molecule is CCCNC1CCC(S(=O)CC2CCCO2)C1C. The third-order valence-electron chi connectivity index (χ3n) is 4.35. The summed E-state index contributed by atoms with van der Waals surface area (Å²) in [4.78, 5) is 0. The van der Waals surface area contributed by atoms with Gasteiger partial charge >= 0.3 is 0 Å². The summed E-state index contributed by atoms with van der Waals surface area (Å²) in [6, 6.07) is 0.573. The molecule has 4 heteroatoms. The molecule has 1 N–H and O–H groups in total. The number of rotatable bonds is 6. The molecule has 1 saturated heterocycles. The second-order valence-corrected chi connectivity index (χ2v) is 7.42. The third kappa shape index (κ3) is 3.55. The maximum Gasteiger partial charge on any atom is 0.0691 e. The van der Waals surface area contributed by atoms with Crippen LogP contribution in [-0.2, 0) is 15.5 Å². The summed E-state index contributed by atoms with van der Waals surface area (Å²) in [6.45, 7) is 6.40. The Bertz CT molecular complexity index is 279. The molecule has 5 atom stereocenters. The molecular weight excluding hydrogens is 246 g/mol. The van der Waals surface area contributed by atoms with Gasteiger partial charge in [-0.05, 0) is 44.6 Å². The minimum Gasteiger partial charge on any atom is -0.377 e. The topological polar surface area (TPSA) is 38.3 Å². The first-order valence-corrected chi connectivity index (χ1v) is 8.82. The van der Waals surface area contributed by atoms with Crippen LogP contribution in [0.2, 0.25) is 0 Å². The highest BCUT2D eigenvalue weighted by Gasteiger charge is 2.36. The van der Waals surface area contributed by atoms with E-state index in [-0.39, 0.29) is 6.10 Å². The Balaban J connectivity index is 1.79. The van der Waals surface area contributed by atoms with E-state index in [1.807, 2.05) is 0 Å². The molecule has 2 fully saturated rings. The van der Waals surface area contributed by atoms with Gasteiger partial charge in [0.15, 0.2) is 0 Å². The van der Waals surface area contributed by atoms with Gasteiger partial charge in [-0.3, -0.25) is 4.21 Å². The van der Waals surface area contributed by atoms with Crippen LogP contribution in [0.25, 0.3) is 0 Å². The maximum atomic E-state index is 12.4. The van der Waals surface area contributed by atoms with Crippen molar-refractivity contribution < 1.29 is 8.95 Å². The summed E-state index contributed by atoms with van der Waals surface area (Å²) in [5, 5.41) is 3.97. The average Bonchev–Trinajstić information content (AvgIpc) is 2.97. The fourth-order valence-electron chi connectivity index (χ4n) is 3.20. The molecule has 2 aliphatic rings. The Morgan fingerprint density at radius 1 is 1.33 bits per heavy atom. The number of nitrogens with one attached hydrogen (secondary N) is 1. The van der Waals surface area contributed by atoms with Gasteiger partial charge in [-0.1, -0.05) is 13.8 Å². The van der Waals surface area contributed by atoms with Gasteiger partial charge in [0.25, 0.3) is 0 Å². The van der Waals surface area contributed by atoms with Gasteiger partial charge in [0.05, 0.1) is 11.9 Å². The van der Waals surface area contributed by atoms with Crippen molar-refractivity contribution in [3.8, 4) is 0 Å². The van der Waals surface area contributed by atoms with Crippen molar-refractivity contribution in [2.75, 3.05) is 18.9 Å². The van der Waals surface area contributed by atoms with Crippen molar-refractivity contribution in [3.05, 3.63) is 0 Å². The van der Waals surface area contributed by atoms with Gasteiger partial charge in [0.1, 0.15) is 0 Å².